The first kappa shape index (κ1) is 18.1. The van der Waals surface area contributed by atoms with Gasteiger partial charge in [-0.1, -0.05) is 12.1 Å². The molecule has 2 aromatic heterocycles. The Morgan fingerprint density at radius 2 is 2.11 bits per heavy atom. The van der Waals surface area contributed by atoms with Crippen LogP contribution >= 0.6 is 0 Å². The molecule has 1 saturated heterocycles. The summed E-state index contributed by atoms with van der Waals surface area (Å²) in [7, 11) is 3.62. The van der Waals surface area contributed by atoms with Crippen molar-refractivity contribution in [1.29, 1.82) is 0 Å². The fourth-order valence-corrected chi connectivity index (χ4v) is 3.52. The number of aromatic nitrogens is 4. The van der Waals surface area contributed by atoms with Gasteiger partial charge in [-0.3, -0.25) is 9.89 Å². The van der Waals surface area contributed by atoms with E-state index in [9.17, 15) is 4.79 Å². The van der Waals surface area contributed by atoms with Crippen LogP contribution in [0.25, 0.3) is 11.3 Å². The molecular formula is C20H24N6O2. The number of imidazole rings is 1. The third-order valence-corrected chi connectivity index (χ3v) is 5.10. The Labute approximate surface area is 163 Å². The molecule has 8 heteroatoms. The monoisotopic (exact) mass is 380 g/mol. The molecule has 1 fully saturated rings. The lowest BCUT2D eigenvalue weighted by atomic mass is 10.1. The molecule has 1 aromatic carbocycles. The summed E-state index contributed by atoms with van der Waals surface area (Å²) < 4.78 is 7.26. The molecule has 0 atom stereocenters. The molecule has 0 spiro atoms. The van der Waals surface area contributed by atoms with E-state index in [0.29, 0.717) is 11.4 Å². The zero-order valence-corrected chi connectivity index (χ0v) is 16.1. The number of ether oxygens (including phenoxy) is 1. The van der Waals surface area contributed by atoms with E-state index in [1.807, 2.05) is 42.1 Å². The molecule has 2 N–H and O–H groups in total. The van der Waals surface area contributed by atoms with Crippen LogP contribution in [-0.2, 0) is 7.05 Å². The summed E-state index contributed by atoms with van der Waals surface area (Å²) in [6, 6.07) is 9.53. The molecule has 8 nitrogen and oxygen atoms in total. The first-order chi connectivity index (χ1) is 13.6. The normalized spacial score (nSPS) is 14.9. The predicted molar refractivity (Wildman–Crippen MR) is 106 cm³/mol. The Morgan fingerprint density at radius 3 is 2.82 bits per heavy atom. The Kier molecular flexibility index (Phi) is 5.01. The van der Waals surface area contributed by atoms with Gasteiger partial charge in [0.25, 0.3) is 5.91 Å². The summed E-state index contributed by atoms with van der Waals surface area (Å²) in [5, 5.41) is 10.2. The van der Waals surface area contributed by atoms with E-state index >= 15 is 0 Å². The van der Waals surface area contributed by atoms with E-state index in [0.717, 1.165) is 43.2 Å². The van der Waals surface area contributed by atoms with Crippen molar-refractivity contribution in [3.8, 4) is 17.0 Å². The van der Waals surface area contributed by atoms with Crippen LogP contribution in [0.15, 0.2) is 42.7 Å². The van der Waals surface area contributed by atoms with Crippen molar-refractivity contribution in [2.24, 2.45) is 7.05 Å². The second kappa shape index (κ2) is 7.75. The van der Waals surface area contributed by atoms with E-state index in [-0.39, 0.29) is 11.9 Å². The van der Waals surface area contributed by atoms with Gasteiger partial charge < -0.3 is 19.5 Å². The Balaban J connectivity index is 1.36. The molecular weight excluding hydrogens is 356 g/mol. The molecule has 4 rings (SSSR count). The second-order valence-corrected chi connectivity index (χ2v) is 6.97. The highest BCUT2D eigenvalue weighted by Crippen LogP contribution is 2.23. The molecule has 0 radical (unpaired) electrons. The third kappa shape index (κ3) is 3.71. The number of aromatic amines is 1. The van der Waals surface area contributed by atoms with E-state index in [1.54, 1.807) is 19.4 Å². The summed E-state index contributed by atoms with van der Waals surface area (Å²) in [6.07, 6.45) is 5.52. The largest absolute Gasteiger partial charge is 0.497 e. The van der Waals surface area contributed by atoms with Crippen LogP contribution in [0.3, 0.4) is 0 Å². The molecule has 3 aromatic rings. The van der Waals surface area contributed by atoms with Crippen LogP contribution in [-0.4, -0.2) is 51.9 Å². The first-order valence-electron chi connectivity index (χ1n) is 9.37. The lowest BCUT2D eigenvalue weighted by molar-refractivity contribution is 0.0926. The van der Waals surface area contributed by atoms with Gasteiger partial charge in [-0.2, -0.15) is 5.10 Å². The van der Waals surface area contributed by atoms with Crippen molar-refractivity contribution in [2.45, 2.75) is 18.9 Å². The van der Waals surface area contributed by atoms with Gasteiger partial charge in [-0.25, -0.2) is 4.98 Å². The highest BCUT2D eigenvalue weighted by molar-refractivity contribution is 5.93. The molecule has 0 saturated carbocycles. The minimum Gasteiger partial charge on any atom is -0.497 e. The van der Waals surface area contributed by atoms with Gasteiger partial charge in [0.15, 0.2) is 0 Å². The van der Waals surface area contributed by atoms with Crippen LogP contribution in [0.1, 0.15) is 23.3 Å². The minimum absolute atomic E-state index is 0.128. The molecule has 3 heterocycles. The summed E-state index contributed by atoms with van der Waals surface area (Å²) in [5.74, 6) is 1.60. The van der Waals surface area contributed by atoms with Crippen molar-refractivity contribution < 1.29 is 9.53 Å². The predicted octanol–water partition coefficient (Wildman–Crippen LogP) is 2.22. The third-order valence-electron chi connectivity index (χ3n) is 5.10. The Hall–Kier alpha value is -3.29. The van der Waals surface area contributed by atoms with Crippen LogP contribution in [0.5, 0.6) is 5.75 Å². The van der Waals surface area contributed by atoms with E-state index < -0.39 is 0 Å². The number of methoxy groups -OCH3 is 1. The van der Waals surface area contributed by atoms with Crippen molar-refractivity contribution >= 4 is 11.9 Å². The number of carbonyl (C=O) groups excluding carboxylic acids is 1. The zero-order valence-electron chi connectivity index (χ0n) is 16.1. The zero-order chi connectivity index (χ0) is 19.5. The SMILES string of the molecule is COc1cccc(-c2cc(C(=O)NC3CCN(c4nccn4C)CC3)[nH]n2)c1. The average Bonchev–Trinajstić information content (AvgIpc) is 3.38. The number of nitrogens with zero attached hydrogens (tertiary/aromatic N) is 4. The molecule has 0 unspecified atom stereocenters. The maximum absolute atomic E-state index is 12.6. The van der Waals surface area contributed by atoms with Gasteiger partial charge in [0.1, 0.15) is 11.4 Å². The van der Waals surface area contributed by atoms with Gasteiger partial charge in [-0.15, -0.1) is 0 Å². The molecule has 1 aliphatic rings. The number of amides is 1. The molecule has 0 bridgehead atoms. The van der Waals surface area contributed by atoms with Crippen LogP contribution in [0.4, 0.5) is 5.95 Å². The van der Waals surface area contributed by atoms with Crippen molar-refractivity contribution in [1.82, 2.24) is 25.1 Å². The number of anilines is 1. The highest BCUT2D eigenvalue weighted by atomic mass is 16.5. The second-order valence-electron chi connectivity index (χ2n) is 6.97. The van der Waals surface area contributed by atoms with Crippen molar-refractivity contribution in [2.75, 3.05) is 25.1 Å². The van der Waals surface area contributed by atoms with Crippen molar-refractivity contribution in [3.63, 3.8) is 0 Å². The van der Waals surface area contributed by atoms with Crippen molar-refractivity contribution in [3.05, 3.63) is 48.4 Å². The molecule has 0 aliphatic carbocycles. The fraction of sp³-hybridized carbons (Fsp3) is 0.350. The first-order valence-corrected chi connectivity index (χ1v) is 9.37. The minimum atomic E-state index is -0.128. The quantitative estimate of drug-likeness (QED) is 0.709. The summed E-state index contributed by atoms with van der Waals surface area (Å²) in [4.78, 5) is 19.3. The number of H-pyrrole nitrogens is 1. The average molecular weight is 380 g/mol. The molecule has 146 valence electrons. The van der Waals surface area contributed by atoms with Gasteiger partial charge in [0.2, 0.25) is 5.95 Å². The number of nitrogens with one attached hydrogen (secondary N) is 2. The number of carbonyl (C=O) groups is 1. The Bertz CT molecular complexity index is 955. The smallest absolute Gasteiger partial charge is 0.269 e. The standard InChI is InChI=1S/C20H24N6O2/c1-25-11-8-21-20(25)26-9-6-15(7-10-26)22-19(27)18-13-17(23-24-18)14-4-3-5-16(12-14)28-2/h3-5,8,11-13,15H,6-7,9-10H2,1-2H3,(H,22,27)(H,23,24). The number of hydrogen-bond acceptors (Lipinski definition) is 5. The van der Waals surface area contributed by atoms with Crippen LogP contribution in [0.2, 0.25) is 0 Å². The fourth-order valence-electron chi connectivity index (χ4n) is 3.52. The van der Waals surface area contributed by atoms with E-state index in [4.69, 9.17) is 4.74 Å². The maximum atomic E-state index is 12.6. The number of rotatable bonds is 5. The number of aryl methyl sites for hydroxylation is 1. The highest BCUT2D eigenvalue weighted by Gasteiger charge is 2.23. The number of piperidine rings is 1. The summed E-state index contributed by atoms with van der Waals surface area (Å²) in [5.41, 5.74) is 2.08. The van der Waals surface area contributed by atoms with Gasteiger partial charge >= 0.3 is 0 Å². The maximum Gasteiger partial charge on any atom is 0.269 e. The van der Waals surface area contributed by atoms with Crippen LogP contribution < -0.4 is 15.0 Å². The number of hydrogen-bond donors (Lipinski definition) is 2. The molecule has 28 heavy (non-hydrogen) atoms. The summed E-state index contributed by atoms with van der Waals surface area (Å²) >= 11 is 0. The van der Waals surface area contributed by atoms with E-state index in [2.05, 4.69) is 25.4 Å². The molecule has 1 amide bonds. The number of benzene rings is 1. The van der Waals surface area contributed by atoms with E-state index in [1.165, 1.54) is 0 Å². The topological polar surface area (TPSA) is 88.1 Å². The van der Waals surface area contributed by atoms with Gasteiger partial charge in [0.05, 0.1) is 12.8 Å². The lowest BCUT2D eigenvalue weighted by Crippen LogP contribution is -2.45. The Morgan fingerprint density at radius 1 is 1.29 bits per heavy atom. The van der Waals surface area contributed by atoms with Gasteiger partial charge in [0, 0.05) is 44.1 Å². The van der Waals surface area contributed by atoms with Crippen LogP contribution in [0, 0.1) is 0 Å². The van der Waals surface area contributed by atoms with Gasteiger partial charge in [-0.05, 0) is 31.0 Å². The summed E-state index contributed by atoms with van der Waals surface area (Å²) in [6.45, 7) is 1.74. The lowest BCUT2D eigenvalue weighted by Gasteiger charge is -2.32. The molecule has 1 aliphatic heterocycles.